The fourth-order valence-corrected chi connectivity index (χ4v) is 6.67. The smallest absolute Gasteiger partial charge is 0.0583 e. The quantitative estimate of drug-likeness (QED) is 0.482. The van der Waals surface area contributed by atoms with Gasteiger partial charge in [-0.3, -0.25) is 0 Å². The van der Waals surface area contributed by atoms with E-state index in [-0.39, 0.29) is 6.10 Å². The minimum absolute atomic E-state index is 0.174. The highest BCUT2D eigenvalue weighted by atomic mass is 16.3. The Bertz CT molecular complexity index is 639. The molecule has 0 amide bonds. The monoisotopic (exact) mass is 398 g/mol. The lowest BCUT2D eigenvalue weighted by Crippen LogP contribution is -2.36. The SMILES string of the molecule is C=C1CC[C@H](O)CC1=CC=C1CCC[C@]2(C)[C@@H](C(C)CCC(C)C(C)C)CC[C@@H]12. The summed E-state index contributed by atoms with van der Waals surface area (Å²) >= 11 is 0. The Morgan fingerprint density at radius 1 is 1.07 bits per heavy atom. The summed E-state index contributed by atoms with van der Waals surface area (Å²) in [6.07, 6.45) is 16.8. The van der Waals surface area contributed by atoms with Gasteiger partial charge < -0.3 is 5.11 Å². The van der Waals surface area contributed by atoms with E-state index in [4.69, 9.17) is 0 Å². The first-order valence-corrected chi connectivity index (χ1v) is 12.5. The van der Waals surface area contributed by atoms with Gasteiger partial charge in [0.2, 0.25) is 0 Å². The molecule has 3 rings (SSSR count). The number of aliphatic hydroxyl groups excluding tert-OH is 1. The molecule has 29 heavy (non-hydrogen) atoms. The number of hydrogen-bond acceptors (Lipinski definition) is 1. The maximum Gasteiger partial charge on any atom is 0.0583 e. The molecule has 3 aliphatic rings. The van der Waals surface area contributed by atoms with Gasteiger partial charge in [0.25, 0.3) is 0 Å². The topological polar surface area (TPSA) is 20.2 Å². The fraction of sp³-hybridized carbons (Fsp3) is 0.786. The van der Waals surface area contributed by atoms with Crippen molar-refractivity contribution in [2.75, 3.05) is 0 Å². The van der Waals surface area contributed by atoms with Crippen LogP contribution in [-0.2, 0) is 0 Å². The lowest BCUT2D eigenvalue weighted by atomic mass is 9.60. The highest BCUT2D eigenvalue weighted by molar-refractivity contribution is 5.36. The van der Waals surface area contributed by atoms with Crippen molar-refractivity contribution in [3.05, 3.63) is 35.5 Å². The number of hydrogen-bond donors (Lipinski definition) is 1. The van der Waals surface area contributed by atoms with Crippen LogP contribution in [0.2, 0.25) is 0 Å². The summed E-state index contributed by atoms with van der Waals surface area (Å²) in [5.74, 6) is 4.14. The fourth-order valence-electron chi connectivity index (χ4n) is 6.67. The van der Waals surface area contributed by atoms with E-state index in [1.54, 1.807) is 5.57 Å². The van der Waals surface area contributed by atoms with Gasteiger partial charge >= 0.3 is 0 Å². The molecule has 0 bridgehead atoms. The van der Waals surface area contributed by atoms with Crippen LogP contribution in [0.4, 0.5) is 0 Å². The predicted octanol–water partition coefficient (Wildman–Crippen LogP) is 7.87. The molecule has 0 saturated heterocycles. The Hall–Kier alpha value is -0.820. The van der Waals surface area contributed by atoms with Crippen LogP contribution in [-0.4, -0.2) is 11.2 Å². The third kappa shape index (κ3) is 5.09. The van der Waals surface area contributed by atoms with Gasteiger partial charge in [-0.2, -0.15) is 0 Å². The molecular weight excluding hydrogens is 352 g/mol. The highest BCUT2D eigenvalue weighted by Gasteiger charge is 2.50. The maximum atomic E-state index is 10.0. The van der Waals surface area contributed by atoms with Gasteiger partial charge in [0.05, 0.1) is 6.10 Å². The summed E-state index contributed by atoms with van der Waals surface area (Å²) in [6.45, 7) is 16.6. The lowest BCUT2D eigenvalue weighted by Gasteiger charge is -2.44. The zero-order valence-electron chi connectivity index (χ0n) is 19.8. The van der Waals surface area contributed by atoms with Crippen LogP contribution in [0.25, 0.3) is 0 Å². The second kappa shape index (κ2) is 9.54. The molecule has 6 atom stereocenters. The number of rotatable bonds is 6. The van der Waals surface area contributed by atoms with Crippen molar-refractivity contribution in [1.29, 1.82) is 0 Å². The Balaban J connectivity index is 1.70. The van der Waals surface area contributed by atoms with Crippen LogP contribution in [0.1, 0.15) is 98.8 Å². The molecule has 1 heteroatoms. The predicted molar refractivity (Wildman–Crippen MR) is 126 cm³/mol. The summed E-state index contributed by atoms with van der Waals surface area (Å²) in [4.78, 5) is 0. The van der Waals surface area contributed by atoms with Crippen LogP contribution < -0.4 is 0 Å². The van der Waals surface area contributed by atoms with E-state index < -0.39 is 0 Å². The molecule has 0 heterocycles. The Morgan fingerprint density at radius 3 is 2.55 bits per heavy atom. The minimum Gasteiger partial charge on any atom is -0.393 e. The molecule has 1 N–H and O–H groups in total. The molecule has 0 aliphatic heterocycles. The summed E-state index contributed by atoms with van der Waals surface area (Å²) in [5.41, 5.74) is 4.70. The molecule has 164 valence electrons. The zero-order chi connectivity index (χ0) is 21.2. The number of fused-ring (bicyclic) bond motifs is 1. The second-order valence-corrected chi connectivity index (χ2v) is 11.3. The third-order valence-electron chi connectivity index (χ3n) is 9.13. The average Bonchev–Trinajstić information content (AvgIpc) is 3.04. The summed E-state index contributed by atoms with van der Waals surface area (Å²) < 4.78 is 0. The van der Waals surface area contributed by atoms with Crippen LogP contribution in [0.5, 0.6) is 0 Å². The zero-order valence-corrected chi connectivity index (χ0v) is 19.8. The summed E-state index contributed by atoms with van der Waals surface area (Å²) in [6, 6.07) is 0. The van der Waals surface area contributed by atoms with Crippen molar-refractivity contribution >= 4 is 0 Å². The Kier molecular flexibility index (Phi) is 7.52. The van der Waals surface area contributed by atoms with E-state index in [1.807, 2.05) is 0 Å². The second-order valence-electron chi connectivity index (χ2n) is 11.3. The Labute approximate surface area is 180 Å². The first-order chi connectivity index (χ1) is 13.7. The molecule has 0 radical (unpaired) electrons. The van der Waals surface area contributed by atoms with E-state index in [9.17, 15) is 5.11 Å². The van der Waals surface area contributed by atoms with Gasteiger partial charge in [0.1, 0.15) is 0 Å². The first kappa shape index (κ1) is 22.9. The van der Waals surface area contributed by atoms with Gasteiger partial charge in [-0.05, 0) is 91.9 Å². The molecule has 0 aromatic carbocycles. The van der Waals surface area contributed by atoms with Crippen molar-refractivity contribution in [3.63, 3.8) is 0 Å². The van der Waals surface area contributed by atoms with E-state index in [1.165, 1.54) is 56.1 Å². The largest absolute Gasteiger partial charge is 0.393 e. The van der Waals surface area contributed by atoms with Crippen molar-refractivity contribution < 1.29 is 5.11 Å². The summed E-state index contributed by atoms with van der Waals surface area (Å²) in [7, 11) is 0. The molecule has 3 fully saturated rings. The molecule has 0 aromatic heterocycles. The molecular formula is C28H46O. The van der Waals surface area contributed by atoms with Crippen LogP contribution in [0.3, 0.4) is 0 Å². The molecule has 1 nitrogen and oxygen atoms in total. The highest BCUT2D eigenvalue weighted by Crippen LogP contribution is 2.60. The van der Waals surface area contributed by atoms with E-state index in [2.05, 4.69) is 53.3 Å². The van der Waals surface area contributed by atoms with Crippen LogP contribution >= 0.6 is 0 Å². The van der Waals surface area contributed by atoms with E-state index in [0.29, 0.717) is 5.41 Å². The van der Waals surface area contributed by atoms with Crippen LogP contribution in [0.15, 0.2) is 35.5 Å². The molecule has 3 saturated carbocycles. The standard InChI is InChI=1S/C28H46O/c1-19(2)20(3)9-10-22(5)26-15-16-27-23(8-7-17-28(26,27)6)12-13-24-18-25(29)14-11-21(24)4/h12-13,19-20,22,25-27,29H,4,7-11,14-18H2,1-3,5-6H3/t20?,22?,25-,26+,27-,28+/m0/s1. The lowest BCUT2D eigenvalue weighted by molar-refractivity contribution is 0.0907. The van der Waals surface area contributed by atoms with Gasteiger partial charge in [-0.15, -0.1) is 0 Å². The van der Waals surface area contributed by atoms with Gasteiger partial charge in [0.15, 0.2) is 0 Å². The minimum atomic E-state index is -0.174. The Morgan fingerprint density at radius 2 is 1.83 bits per heavy atom. The van der Waals surface area contributed by atoms with E-state index >= 15 is 0 Å². The van der Waals surface area contributed by atoms with Crippen molar-refractivity contribution in [2.24, 2.45) is 35.0 Å². The normalized spacial score (nSPS) is 37.9. The number of aliphatic hydroxyl groups is 1. The average molecular weight is 399 g/mol. The first-order valence-electron chi connectivity index (χ1n) is 12.5. The van der Waals surface area contributed by atoms with Crippen molar-refractivity contribution in [1.82, 2.24) is 0 Å². The van der Waals surface area contributed by atoms with Crippen molar-refractivity contribution in [2.45, 2.75) is 105 Å². The van der Waals surface area contributed by atoms with Crippen molar-refractivity contribution in [3.8, 4) is 0 Å². The molecule has 2 unspecified atom stereocenters. The molecule has 0 spiro atoms. The van der Waals surface area contributed by atoms with Gasteiger partial charge in [0, 0.05) is 0 Å². The van der Waals surface area contributed by atoms with E-state index in [0.717, 1.165) is 48.9 Å². The van der Waals surface area contributed by atoms with Gasteiger partial charge in [-0.1, -0.05) is 77.3 Å². The molecule has 0 aromatic rings. The maximum absolute atomic E-state index is 10.0. The van der Waals surface area contributed by atoms with Crippen LogP contribution in [0, 0.1) is 35.0 Å². The van der Waals surface area contributed by atoms with Gasteiger partial charge in [-0.25, -0.2) is 0 Å². The third-order valence-corrected chi connectivity index (χ3v) is 9.13. The summed E-state index contributed by atoms with van der Waals surface area (Å²) in [5, 5.41) is 10.0. The molecule has 3 aliphatic carbocycles. The number of allylic oxidation sites excluding steroid dienone is 4.